The minimum atomic E-state index is -0.352. The Morgan fingerprint density at radius 2 is 1.81 bits per heavy atom. The van der Waals surface area contributed by atoms with Gasteiger partial charge in [-0.1, -0.05) is 48.5 Å². The van der Waals surface area contributed by atoms with E-state index in [1.54, 1.807) is 12.4 Å². The summed E-state index contributed by atoms with van der Waals surface area (Å²) >= 11 is 0. The molecule has 6 rings (SSSR count). The quantitative estimate of drug-likeness (QED) is 0.517. The van der Waals surface area contributed by atoms with Gasteiger partial charge in [0.1, 0.15) is 11.9 Å². The van der Waals surface area contributed by atoms with Gasteiger partial charge >= 0.3 is 0 Å². The van der Waals surface area contributed by atoms with E-state index < -0.39 is 0 Å². The van der Waals surface area contributed by atoms with E-state index in [2.05, 4.69) is 51.7 Å². The van der Waals surface area contributed by atoms with Crippen LogP contribution in [0.1, 0.15) is 24.0 Å². The molecule has 1 atom stereocenters. The van der Waals surface area contributed by atoms with Crippen LogP contribution in [0.2, 0.25) is 0 Å². The smallest absolute Gasteiger partial charge is 0.230 e. The zero-order chi connectivity index (χ0) is 21.5. The lowest BCUT2D eigenvalue weighted by Gasteiger charge is -2.18. The van der Waals surface area contributed by atoms with Crippen molar-refractivity contribution in [2.24, 2.45) is 0 Å². The van der Waals surface area contributed by atoms with E-state index in [-0.39, 0.29) is 17.4 Å². The fourth-order valence-electron chi connectivity index (χ4n) is 4.75. The number of fused-ring (bicyclic) bond motifs is 3. The van der Waals surface area contributed by atoms with E-state index in [4.69, 9.17) is 4.74 Å². The summed E-state index contributed by atoms with van der Waals surface area (Å²) in [5.41, 5.74) is 2.95. The van der Waals surface area contributed by atoms with Crippen LogP contribution in [-0.4, -0.2) is 28.5 Å². The molecule has 0 spiro atoms. The van der Waals surface area contributed by atoms with Gasteiger partial charge in [-0.15, -0.1) is 0 Å². The summed E-state index contributed by atoms with van der Waals surface area (Å²) in [7, 11) is 0. The number of hydrogen-bond acceptors (Lipinski definition) is 4. The summed E-state index contributed by atoms with van der Waals surface area (Å²) in [6, 6.07) is 22.3. The molecule has 2 aliphatic rings. The Morgan fingerprint density at radius 3 is 2.59 bits per heavy atom. The van der Waals surface area contributed by atoms with Crippen LogP contribution in [0.3, 0.4) is 0 Å². The van der Waals surface area contributed by atoms with Crippen LogP contribution in [-0.2, 0) is 16.6 Å². The summed E-state index contributed by atoms with van der Waals surface area (Å²) in [5, 5.41) is 5.48. The monoisotopic (exact) mass is 421 g/mol. The first-order valence-corrected chi connectivity index (χ1v) is 11.1. The van der Waals surface area contributed by atoms with Gasteiger partial charge in [0.25, 0.3) is 0 Å². The number of nitrogens with zero attached hydrogens (tertiary/aromatic N) is 2. The molecule has 5 heteroatoms. The number of ether oxygens (including phenoxy) is 1. The fourth-order valence-corrected chi connectivity index (χ4v) is 4.75. The topological polar surface area (TPSA) is 64.1 Å². The molecule has 1 aromatic heterocycles. The minimum absolute atomic E-state index is 0.0525. The maximum Gasteiger partial charge on any atom is 0.230 e. The Hall–Kier alpha value is -3.73. The zero-order valence-electron chi connectivity index (χ0n) is 17.6. The highest BCUT2D eigenvalue weighted by atomic mass is 16.5. The molecule has 1 unspecified atom stereocenters. The predicted molar refractivity (Wildman–Crippen MR) is 123 cm³/mol. The Balaban J connectivity index is 1.18. The first-order valence-electron chi connectivity index (χ1n) is 11.1. The molecule has 5 nitrogen and oxygen atoms in total. The Bertz CT molecular complexity index is 1300. The van der Waals surface area contributed by atoms with Crippen LogP contribution in [0, 0.1) is 0 Å². The van der Waals surface area contributed by atoms with Gasteiger partial charge in [-0.3, -0.25) is 4.79 Å². The van der Waals surface area contributed by atoms with Crippen molar-refractivity contribution in [1.82, 2.24) is 15.3 Å². The van der Waals surface area contributed by atoms with Crippen molar-refractivity contribution >= 4 is 16.7 Å². The minimum Gasteiger partial charge on any atom is -0.488 e. The van der Waals surface area contributed by atoms with Crippen LogP contribution in [0.5, 0.6) is 5.75 Å². The van der Waals surface area contributed by atoms with Gasteiger partial charge in [0.05, 0.1) is 12.0 Å². The van der Waals surface area contributed by atoms with E-state index in [9.17, 15) is 4.79 Å². The average molecular weight is 422 g/mol. The van der Waals surface area contributed by atoms with Gasteiger partial charge < -0.3 is 10.1 Å². The lowest BCUT2D eigenvalue weighted by Crippen LogP contribution is -2.40. The zero-order valence-corrected chi connectivity index (χ0v) is 17.6. The van der Waals surface area contributed by atoms with Crippen LogP contribution in [0.25, 0.3) is 22.2 Å². The molecule has 1 saturated carbocycles. The summed E-state index contributed by atoms with van der Waals surface area (Å²) in [6.07, 6.45) is 6.06. The van der Waals surface area contributed by atoms with Gasteiger partial charge in [0.15, 0.2) is 5.82 Å². The van der Waals surface area contributed by atoms with E-state index in [1.165, 1.54) is 10.9 Å². The highest BCUT2D eigenvalue weighted by molar-refractivity contribution is 5.92. The van der Waals surface area contributed by atoms with E-state index in [1.807, 2.05) is 30.3 Å². The second kappa shape index (κ2) is 7.45. The summed E-state index contributed by atoms with van der Waals surface area (Å²) in [4.78, 5) is 21.7. The second-order valence-electron chi connectivity index (χ2n) is 8.65. The average Bonchev–Trinajstić information content (AvgIpc) is 3.56. The predicted octanol–water partition coefficient (Wildman–Crippen LogP) is 4.45. The molecule has 32 heavy (non-hydrogen) atoms. The van der Waals surface area contributed by atoms with Gasteiger partial charge in [0, 0.05) is 29.9 Å². The Labute approximate surface area is 186 Å². The number of rotatable bonds is 5. The van der Waals surface area contributed by atoms with Crippen molar-refractivity contribution in [3.63, 3.8) is 0 Å². The van der Waals surface area contributed by atoms with Crippen molar-refractivity contribution in [2.45, 2.75) is 30.8 Å². The molecular formula is C27H23N3O2. The van der Waals surface area contributed by atoms with Gasteiger partial charge in [-0.2, -0.15) is 0 Å². The number of hydrogen-bond donors (Lipinski definition) is 1. The third-order valence-corrected chi connectivity index (χ3v) is 6.64. The third kappa shape index (κ3) is 3.21. The van der Waals surface area contributed by atoms with E-state index in [0.717, 1.165) is 47.3 Å². The number of amides is 1. The van der Waals surface area contributed by atoms with Crippen molar-refractivity contribution < 1.29 is 9.53 Å². The molecule has 0 saturated heterocycles. The van der Waals surface area contributed by atoms with Crippen molar-refractivity contribution in [2.75, 3.05) is 6.54 Å². The molecule has 158 valence electrons. The van der Waals surface area contributed by atoms with Gasteiger partial charge in [-0.25, -0.2) is 9.97 Å². The molecule has 3 aromatic carbocycles. The number of carbonyl (C=O) groups is 1. The van der Waals surface area contributed by atoms with Crippen LogP contribution in [0.4, 0.5) is 0 Å². The number of aromatic nitrogens is 2. The lowest BCUT2D eigenvalue weighted by atomic mass is 9.95. The highest BCUT2D eigenvalue weighted by Gasteiger charge is 2.51. The molecule has 1 N–H and O–H groups in total. The Morgan fingerprint density at radius 1 is 1.00 bits per heavy atom. The highest BCUT2D eigenvalue weighted by Crippen LogP contribution is 2.48. The molecule has 1 aliphatic carbocycles. The normalized spacial score (nSPS) is 18.1. The lowest BCUT2D eigenvalue weighted by molar-refractivity contribution is -0.123. The van der Waals surface area contributed by atoms with Crippen molar-refractivity contribution in [1.29, 1.82) is 0 Å². The first kappa shape index (κ1) is 19.0. The molecule has 1 amide bonds. The molecule has 1 fully saturated rings. The van der Waals surface area contributed by atoms with Crippen LogP contribution < -0.4 is 10.1 Å². The maximum atomic E-state index is 13.0. The third-order valence-electron chi connectivity index (χ3n) is 6.64. The summed E-state index contributed by atoms with van der Waals surface area (Å²) < 4.78 is 6.18. The molecule has 0 radical (unpaired) electrons. The van der Waals surface area contributed by atoms with Crippen LogP contribution in [0.15, 0.2) is 79.1 Å². The second-order valence-corrected chi connectivity index (χ2v) is 8.65. The first-order chi connectivity index (χ1) is 15.7. The fraction of sp³-hybridized carbons (Fsp3) is 0.222. The molecule has 0 bridgehead atoms. The Kier molecular flexibility index (Phi) is 4.42. The van der Waals surface area contributed by atoms with Crippen molar-refractivity contribution in [3.05, 3.63) is 90.3 Å². The number of benzene rings is 3. The number of carbonyl (C=O) groups excluding carboxylic acids is 1. The van der Waals surface area contributed by atoms with Crippen molar-refractivity contribution in [3.8, 4) is 17.1 Å². The molecule has 4 aromatic rings. The molecular weight excluding hydrogens is 398 g/mol. The molecule has 2 heterocycles. The van der Waals surface area contributed by atoms with Gasteiger partial charge in [-0.05, 0) is 47.4 Å². The SMILES string of the molecule is O=C(NCC1Cc2c(ccc3cc(-c4ncccn4)ccc23)O1)C1(c2ccccc2)CC1. The largest absolute Gasteiger partial charge is 0.488 e. The maximum absolute atomic E-state index is 13.0. The summed E-state index contributed by atoms with van der Waals surface area (Å²) in [6.45, 7) is 0.513. The number of nitrogens with one attached hydrogen (secondary N) is 1. The summed E-state index contributed by atoms with van der Waals surface area (Å²) in [5.74, 6) is 1.74. The van der Waals surface area contributed by atoms with Crippen LogP contribution >= 0.6 is 0 Å². The van der Waals surface area contributed by atoms with E-state index >= 15 is 0 Å². The standard InChI is InChI=1S/C27H23N3O2/c31-26(27(11-12-27)20-5-2-1-3-6-20)30-17-21-16-23-22-9-7-19(25-28-13-4-14-29-25)15-18(22)8-10-24(23)32-21/h1-10,13-15,21H,11-12,16-17H2,(H,30,31). The molecule has 1 aliphatic heterocycles. The van der Waals surface area contributed by atoms with Gasteiger partial charge in [0.2, 0.25) is 5.91 Å². The van der Waals surface area contributed by atoms with E-state index in [0.29, 0.717) is 6.54 Å².